The SMILES string of the molecule is C1=CCCC=C1.O=C(Cl)Cl. The summed E-state index contributed by atoms with van der Waals surface area (Å²) in [5, 5.41) is 0. The van der Waals surface area contributed by atoms with Crippen molar-refractivity contribution in [3.8, 4) is 0 Å². The van der Waals surface area contributed by atoms with Gasteiger partial charge in [-0.05, 0) is 36.0 Å². The number of carbonyl (C=O) groups excluding carboxylic acids is 1. The molecule has 10 heavy (non-hydrogen) atoms. The first kappa shape index (κ1) is 9.73. The van der Waals surface area contributed by atoms with Gasteiger partial charge in [0.1, 0.15) is 0 Å². The van der Waals surface area contributed by atoms with E-state index in [9.17, 15) is 0 Å². The van der Waals surface area contributed by atoms with Crippen LogP contribution in [0.3, 0.4) is 0 Å². The Morgan fingerprint density at radius 1 is 1.10 bits per heavy atom. The highest BCUT2D eigenvalue weighted by Crippen LogP contribution is 1.98. The molecule has 0 spiro atoms. The van der Waals surface area contributed by atoms with Crippen molar-refractivity contribution in [3.05, 3.63) is 24.3 Å². The predicted molar refractivity (Wildman–Crippen MR) is 44.6 cm³/mol. The van der Waals surface area contributed by atoms with Gasteiger partial charge in [0, 0.05) is 0 Å². The lowest BCUT2D eigenvalue weighted by molar-refractivity contribution is 0.275. The molecule has 0 saturated heterocycles. The lowest BCUT2D eigenvalue weighted by Gasteiger charge is -1.88. The molecule has 0 N–H and O–H groups in total. The van der Waals surface area contributed by atoms with Crippen LogP contribution in [-0.4, -0.2) is 4.70 Å². The quantitative estimate of drug-likeness (QED) is 0.520. The molecular formula is C7H8Cl2O. The van der Waals surface area contributed by atoms with E-state index in [-0.39, 0.29) is 0 Å². The average molecular weight is 179 g/mol. The zero-order chi connectivity index (χ0) is 7.82. The third kappa shape index (κ3) is 10.7. The molecule has 0 aliphatic heterocycles. The van der Waals surface area contributed by atoms with Crippen LogP contribution in [-0.2, 0) is 0 Å². The largest absolute Gasteiger partial charge is 0.313 e. The van der Waals surface area contributed by atoms with E-state index in [1.807, 2.05) is 0 Å². The minimum Gasteiger partial charge on any atom is -0.262 e. The predicted octanol–water partition coefficient (Wildman–Crippen LogP) is 3.48. The van der Waals surface area contributed by atoms with E-state index in [2.05, 4.69) is 47.5 Å². The van der Waals surface area contributed by atoms with E-state index >= 15 is 0 Å². The lowest BCUT2D eigenvalue weighted by Crippen LogP contribution is -1.67. The summed E-state index contributed by atoms with van der Waals surface area (Å²) in [5.74, 6) is 0. The molecule has 1 aliphatic rings. The monoisotopic (exact) mass is 178 g/mol. The van der Waals surface area contributed by atoms with Crippen LogP contribution in [0.4, 0.5) is 4.79 Å². The molecule has 0 aromatic carbocycles. The fourth-order valence-corrected chi connectivity index (χ4v) is 0.542. The van der Waals surface area contributed by atoms with Crippen LogP contribution in [0.2, 0.25) is 0 Å². The molecule has 1 nitrogen and oxygen atoms in total. The van der Waals surface area contributed by atoms with E-state index in [4.69, 9.17) is 4.79 Å². The third-order valence-corrected chi connectivity index (χ3v) is 0.883. The van der Waals surface area contributed by atoms with E-state index in [0.29, 0.717) is 0 Å². The summed E-state index contributed by atoms with van der Waals surface area (Å²) < 4.78 is -0.889. The fraction of sp³-hybridized carbons (Fsp3) is 0.286. The Bertz CT molecular complexity index is 134. The summed E-state index contributed by atoms with van der Waals surface area (Å²) >= 11 is 8.80. The van der Waals surface area contributed by atoms with Crippen molar-refractivity contribution < 1.29 is 4.79 Å². The van der Waals surface area contributed by atoms with E-state index in [1.165, 1.54) is 12.8 Å². The van der Waals surface area contributed by atoms with Crippen molar-refractivity contribution in [2.45, 2.75) is 12.8 Å². The molecule has 0 atom stereocenters. The maximum absolute atomic E-state index is 8.98. The van der Waals surface area contributed by atoms with Crippen LogP contribution in [0, 0.1) is 0 Å². The first-order valence-electron chi connectivity index (χ1n) is 2.90. The molecule has 0 unspecified atom stereocenters. The normalized spacial score (nSPS) is 13.8. The molecule has 0 fully saturated rings. The lowest BCUT2D eigenvalue weighted by atomic mass is 10.2. The second-order valence-electron chi connectivity index (χ2n) is 1.66. The molecule has 0 heterocycles. The molecule has 0 amide bonds. The van der Waals surface area contributed by atoms with Crippen molar-refractivity contribution in [1.82, 2.24) is 0 Å². The first-order valence-corrected chi connectivity index (χ1v) is 3.65. The molecule has 0 radical (unpaired) electrons. The van der Waals surface area contributed by atoms with E-state index in [0.717, 1.165) is 0 Å². The van der Waals surface area contributed by atoms with Crippen molar-refractivity contribution in [2.75, 3.05) is 0 Å². The van der Waals surface area contributed by atoms with Crippen LogP contribution in [0.1, 0.15) is 12.8 Å². The van der Waals surface area contributed by atoms with Crippen LogP contribution in [0.25, 0.3) is 0 Å². The van der Waals surface area contributed by atoms with Gasteiger partial charge < -0.3 is 0 Å². The smallest absolute Gasteiger partial charge is 0.262 e. The van der Waals surface area contributed by atoms with Crippen LogP contribution in [0.15, 0.2) is 24.3 Å². The van der Waals surface area contributed by atoms with Gasteiger partial charge in [-0.25, -0.2) is 0 Å². The summed E-state index contributed by atoms with van der Waals surface area (Å²) in [4.78, 5) is 8.98. The standard InChI is InChI=1S/C6H8.CCl2O/c1-2-4-6-5-3-1;2-1(3)4/h1-4H,5-6H2;. The Hall–Kier alpha value is -0.270. The van der Waals surface area contributed by atoms with Crippen LogP contribution < -0.4 is 0 Å². The number of hydrogen-bond acceptors (Lipinski definition) is 1. The average Bonchev–Trinajstić information content (AvgIpc) is 1.90. The topological polar surface area (TPSA) is 17.1 Å². The molecule has 0 aromatic heterocycles. The summed E-state index contributed by atoms with van der Waals surface area (Å²) in [7, 11) is 0. The summed E-state index contributed by atoms with van der Waals surface area (Å²) in [5.41, 5.74) is 0. The number of carbonyl (C=O) groups is 1. The summed E-state index contributed by atoms with van der Waals surface area (Å²) in [6.45, 7) is 0. The van der Waals surface area contributed by atoms with Crippen LogP contribution >= 0.6 is 23.2 Å². The Balaban J connectivity index is 0.000000180. The Morgan fingerprint density at radius 2 is 1.40 bits per heavy atom. The van der Waals surface area contributed by atoms with Gasteiger partial charge in [-0.1, -0.05) is 24.3 Å². The first-order chi connectivity index (χ1) is 4.73. The molecular weight excluding hydrogens is 171 g/mol. The highest BCUT2D eigenvalue weighted by molar-refractivity contribution is 6.93. The summed E-state index contributed by atoms with van der Waals surface area (Å²) in [6, 6.07) is 0. The van der Waals surface area contributed by atoms with Crippen molar-refractivity contribution in [1.29, 1.82) is 0 Å². The molecule has 56 valence electrons. The molecule has 0 aromatic rings. The molecule has 1 rings (SSSR count). The Labute approximate surface area is 70.3 Å². The highest BCUT2D eigenvalue weighted by Gasteiger charge is 1.77. The number of rotatable bonds is 0. The minimum absolute atomic E-state index is 0.889. The van der Waals surface area contributed by atoms with Gasteiger partial charge in [-0.2, -0.15) is 0 Å². The fourth-order valence-electron chi connectivity index (χ4n) is 0.542. The van der Waals surface area contributed by atoms with Crippen molar-refractivity contribution in [3.63, 3.8) is 0 Å². The van der Waals surface area contributed by atoms with E-state index in [1.54, 1.807) is 0 Å². The van der Waals surface area contributed by atoms with E-state index < -0.39 is 4.70 Å². The minimum atomic E-state index is -0.889. The summed E-state index contributed by atoms with van der Waals surface area (Å²) in [6.07, 6.45) is 11.0. The molecule has 0 bridgehead atoms. The Kier molecular flexibility index (Phi) is 6.66. The van der Waals surface area contributed by atoms with Crippen molar-refractivity contribution >= 4 is 27.9 Å². The van der Waals surface area contributed by atoms with Gasteiger partial charge in [-0.3, -0.25) is 4.79 Å². The number of allylic oxidation sites excluding steroid dienone is 4. The molecule has 1 aliphatic carbocycles. The van der Waals surface area contributed by atoms with Gasteiger partial charge in [0.15, 0.2) is 0 Å². The Morgan fingerprint density at radius 3 is 1.50 bits per heavy atom. The van der Waals surface area contributed by atoms with Gasteiger partial charge in [0.25, 0.3) is 0 Å². The second-order valence-corrected chi connectivity index (χ2v) is 2.54. The zero-order valence-electron chi connectivity index (χ0n) is 5.39. The van der Waals surface area contributed by atoms with Crippen LogP contribution in [0.5, 0.6) is 0 Å². The van der Waals surface area contributed by atoms with Crippen molar-refractivity contribution in [2.24, 2.45) is 0 Å². The zero-order valence-corrected chi connectivity index (χ0v) is 6.90. The maximum Gasteiger partial charge on any atom is 0.313 e. The third-order valence-electron chi connectivity index (χ3n) is 0.883. The maximum atomic E-state index is 8.98. The van der Waals surface area contributed by atoms with Gasteiger partial charge in [0.2, 0.25) is 0 Å². The number of hydrogen-bond donors (Lipinski definition) is 0. The second kappa shape index (κ2) is 6.84. The molecule has 0 saturated carbocycles. The molecule has 3 heteroatoms. The van der Waals surface area contributed by atoms with Gasteiger partial charge >= 0.3 is 4.70 Å². The van der Waals surface area contributed by atoms with Gasteiger partial charge in [0.05, 0.1) is 0 Å². The number of halogens is 2. The highest BCUT2D eigenvalue weighted by atomic mass is 35.5. The van der Waals surface area contributed by atoms with Gasteiger partial charge in [-0.15, -0.1) is 0 Å².